The Morgan fingerprint density at radius 1 is 1.14 bits per heavy atom. The van der Waals surface area contributed by atoms with E-state index < -0.39 is 5.60 Å². The molecule has 1 aliphatic rings. The van der Waals surface area contributed by atoms with Crippen molar-refractivity contribution >= 4 is 17.7 Å². The summed E-state index contributed by atoms with van der Waals surface area (Å²) in [6.45, 7) is 10.2. The normalized spacial score (nSPS) is 15.2. The van der Waals surface area contributed by atoms with Gasteiger partial charge >= 0.3 is 6.09 Å². The van der Waals surface area contributed by atoms with E-state index in [-0.39, 0.29) is 12.0 Å². The molecule has 1 aliphatic heterocycles. The molecule has 1 aromatic rings. The van der Waals surface area contributed by atoms with E-state index in [4.69, 9.17) is 4.74 Å². The number of nitrogens with one attached hydrogen (secondary N) is 1. The molecule has 0 aliphatic carbocycles. The monoisotopic (exact) mass is 390 g/mol. The number of nitrogens with zero attached hydrogens (tertiary/aromatic N) is 3. The number of piperazine rings is 1. The molecule has 0 atom stereocenters. The van der Waals surface area contributed by atoms with Gasteiger partial charge in [0.2, 0.25) is 0 Å². The van der Waals surface area contributed by atoms with E-state index in [9.17, 15) is 9.59 Å². The molecule has 7 nitrogen and oxygen atoms in total. The number of anilines is 1. The van der Waals surface area contributed by atoms with Crippen molar-refractivity contribution in [2.75, 3.05) is 58.3 Å². The molecule has 1 heterocycles. The standard InChI is InChI=1S/C21H34N4O3/c1-21(2,3)28-20(27)25-14-12-24(13-15-25)11-7-10-22-19(26)17-8-6-9-18(16-17)23(4)5/h6,8-9,16H,7,10-15H2,1-5H3,(H,22,26). The minimum absolute atomic E-state index is 0.0431. The van der Waals surface area contributed by atoms with Crippen molar-refractivity contribution in [1.82, 2.24) is 15.1 Å². The van der Waals surface area contributed by atoms with Crippen molar-refractivity contribution in [3.63, 3.8) is 0 Å². The van der Waals surface area contributed by atoms with Crippen LogP contribution in [0.3, 0.4) is 0 Å². The van der Waals surface area contributed by atoms with Crippen molar-refractivity contribution < 1.29 is 14.3 Å². The van der Waals surface area contributed by atoms with Gasteiger partial charge in [-0.3, -0.25) is 9.69 Å². The summed E-state index contributed by atoms with van der Waals surface area (Å²) >= 11 is 0. The molecule has 0 spiro atoms. The maximum atomic E-state index is 12.3. The highest BCUT2D eigenvalue weighted by atomic mass is 16.6. The lowest BCUT2D eigenvalue weighted by Crippen LogP contribution is -2.50. The van der Waals surface area contributed by atoms with Gasteiger partial charge in [-0.1, -0.05) is 6.07 Å². The second kappa shape index (κ2) is 9.78. The largest absolute Gasteiger partial charge is 0.444 e. The molecule has 1 N–H and O–H groups in total. The summed E-state index contributed by atoms with van der Waals surface area (Å²) in [5.74, 6) is -0.0431. The minimum Gasteiger partial charge on any atom is -0.444 e. The van der Waals surface area contributed by atoms with E-state index in [0.29, 0.717) is 25.2 Å². The Kier molecular flexibility index (Phi) is 7.69. The number of ether oxygens (including phenoxy) is 1. The predicted molar refractivity (Wildman–Crippen MR) is 112 cm³/mol. The van der Waals surface area contributed by atoms with Gasteiger partial charge in [0.05, 0.1) is 0 Å². The van der Waals surface area contributed by atoms with Crippen LogP contribution in [0, 0.1) is 0 Å². The summed E-state index contributed by atoms with van der Waals surface area (Å²) in [7, 11) is 3.92. The predicted octanol–water partition coefficient (Wildman–Crippen LogP) is 2.43. The van der Waals surface area contributed by atoms with Crippen LogP contribution in [0.1, 0.15) is 37.6 Å². The van der Waals surface area contributed by atoms with Gasteiger partial charge in [-0.2, -0.15) is 0 Å². The van der Waals surface area contributed by atoms with E-state index in [1.54, 1.807) is 4.90 Å². The first-order chi connectivity index (χ1) is 13.2. The van der Waals surface area contributed by atoms with Crippen LogP contribution in [0.5, 0.6) is 0 Å². The smallest absolute Gasteiger partial charge is 0.410 e. The maximum Gasteiger partial charge on any atom is 0.410 e. The summed E-state index contributed by atoms with van der Waals surface area (Å²) in [4.78, 5) is 30.5. The van der Waals surface area contributed by atoms with E-state index in [1.165, 1.54) is 0 Å². The highest BCUT2D eigenvalue weighted by Gasteiger charge is 2.25. The Hall–Kier alpha value is -2.28. The highest BCUT2D eigenvalue weighted by Crippen LogP contribution is 2.14. The first kappa shape index (κ1) is 22.0. The van der Waals surface area contributed by atoms with Gasteiger partial charge in [0.1, 0.15) is 5.60 Å². The Morgan fingerprint density at radius 2 is 1.82 bits per heavy atom. The molecule has 2 amide bonds. The summed E-state index contributed by atoms with van der Waals surface area (Å²) < 4.78 is 5.42. The second-order valence-corrected chi connectivity index (χ2v) is 8.36. The van der Waals surface area contributed by atoms with Gasteiger partial charge in [0, 0.05) is 58.1 Å². The molecule has 2 rings (SSSR count). The van der Waals surface area contributed by atoms with Crippen LogP contribution in [0.2, 0.25) is 0 Å². The molecule has 156 valence electrons. The molecule has 0 bridgehead atoms. The fourth-order valence-electron chi connectivity index (χ4n) is 3.01. The van der Waals surface area contributed by atoms with E-state index in [2.05, 4.69) is 10.2 Å². The molecular weight excluding hydrogens is 356 g/mol. The Morgan fingerprint density at radius 3 is 2.43 bits per heavy atom. The van der Waals surface area contributed by atoms with Crippen molar-refractivity contribution in [2.45, 2.75) is 32.8 Å². The molecule has 1 fully saturated rings. The number of carbonyl (C=O) groups excluding carboxylic acids is 2. The lowest BCUT2D eigenvalue weighted by molar-refractivity contribution is 0.0144. The minimum atomic E-state index is -0.460. The van der Waals surface area contributed by atoms with Crippen LogP contribution in [0.4, 0.5) is 10.5 Å². The molecule has 7 heteroatoms. The fraction of sp³-hybridized carbons (Fsp3) is 0.619. The number of amides is 2. The Bertz CT molecular complexity index is 662. The summed E-state index contributed by atoms with van der Waals surface area (Å²) in [5, 5.41) is 2.99. The van der Waals surface area contributed by atoms with E-state index in [1.807, 2.05) is 64.0 Å². The molecule has 1 aromatic carbocycles. The van der Waals surface area contributed by atoms with Crippen LogP contribution in [0.15, 0.2) is 24.3 Å². The molecule has 0 radical (unpaired) electrons. The Labute approximate surface area is 168 Å². The van der Waals surface area contributed by atoms with Crippen molar-refractivity contribution in [3.8, 4) is 0 Å². The summed E-state index contributed by atoms with van der Waals surface area (Å²) in [6, 6.07) is 7.60. The lowest BCUT2D eigenvalue weighted by atomic mass is 10.2. The van der Waals surface area contributed by atoms with E-state index >= 15 is 0 Å². The van der Waals surface area contributed by atoms with Crippen molar-refractivity contribution in [2.24, 2.45) is 0 Å². The van der Waals surface area contributed by atoms with Crippen LogP contribution in [-0.2, 0) is 4.74 Å². The Balaban J connectivity index is 1.66. The topological polar surface area (TPSA) is 65.1 Å². The van der Waals surface area contributed by atoms with Gasteiger partial charge < -0.3 is 19.9 Å². The number of carbonyl (C=O) groups is 2. The quantitative estimate of drug-likeness (QED) is 0.756. The van der Waals surface area contributed by atoms with Crippen LogP contribution < -0.4 is 10.2 Å². The first-order valence-corrected chi connectivity index (χ1v) is 9.91. The number of hydrogen-bond acceptors (Lipinski definition) is 5. The van der Waals surface area contributed by atoms with Gasteiger partial charge in [-0.15, -0.1) is 0 Å². The molecule has 0 aromatic heterocycles. The molecule has 28 heavy (non-hydrogen) atoms. The third kappa shape index (κ3) is 7.03. The second-order valence-electron chi connectivity index (χ2n) is 8.36. The zero-order valence-electron chi connectivity index (χ0n) is 17.8. The number of benzene rings is 1. The molecule has 1 saturated heterocycles. The maximum absolute atomic E-state index is 12.3. The number of rotatable bonds is 6. The van der Waals surface area contributed by atoms with Crippen LogP contribution >= 0.6 is 0 Å². The highest BCUT2D eigenvalue weighted by molar-refractivity contribution is 5.95. The number of hydrogen-bond donors (Lipinski definition) is 1. The zero-order chi connectivity index (χ0) is 20.7. The first-order valence-electron chi connectivity index (χ1n) is 9.91. The molecule has 0 unspecified atom stereocenters. The third-order valence-electron chi connectivity index (χ3n) is 4.59. The van der Waals surface area contributed by atoms with Gasteiger partial charge in [-0.05, 0) is 51.9 Å². The van der Waals surface area contributed by atoms with Crippen molar-refractivity contribution in [3.05, 3.63) is 29.8 Å². The van der Waals surface area contributed by atoms with Gasteiger partial charge in [-0.25, -0.2) is 4.79 Å². The van der Waals surface area contributed by atoms with Crippen molar-refractivity contribution in [1.29, 1.82) is 0 Å². The van der Waals surface area contributed by atoms with Gasteiger partial charge in [0.15, 0.2) is 0 Å². The van der Waals surface area contributed by atoms with Crippen LogP contribution in [0.25, 0.3) is 0 Å². The third-order valence-corrected chi connectivity index (χ3v) is 4.59. The summed E-state index contributed by atoms with van der Waals surface area (Å²) in [6.07, 6.45) is 0.644. The lowest BCUT2D eigenvalue weighted by Gasteiger charge is -2.35. The average Bonchev–Trinajstić information content (AvgIpc) is 2.64. The SMILES string of the molecule is CN(C)c1cccc(C(=O)NCCCN2CCN(C(=O)OC(C)(C)C)CC2)c1. The zero-order valence-corrected chi connectivity index (χ0v) is 17.8. The molecular formula is C21H34N4O3. The average molecular weight is 391 g/mol. The fourth-order valence-corrected chi connectivity index (χ4v) is 3.01. The summed E-state index contributed by atoms with van der Waals surface area (Å²) in [5.41, 5.74) is 1.23. The van der Waals surface area contributed by atoms with E-state index in [0.717, 1.165) is 31.7 Å². The van der Waals surface area contributed by atoms with Gasteiger partial charge in [0.25, 0.3) is 5.91 Å². The molecule has 0 saturated carbocycles. The van der Waals surface area contributed by atoms with Crippen LogP contribution in [-0.4, -0.2) is 80.8 Å².